The van der Waals surface area contributed by atoms with Gasteiger partial charge in [-0.3, -0.25) is 0 Å². The smallest absolute Gasteiger partial charge is 0.00609 e. The number of rotatable bonds is 1. The van der Waals surface area contributed by atoms with Gasteiger partial charge >= 0.3 is 0 Å². The molecule has 2 rings (SSSR count). The molecule has 0 amide bonds. The molecular formula is C12H14. The van der Waals surface area contributed by atoms with Crippen molar-refractivity contribution < 1.29 is 0 Å². The van der Waals surface area contributed by atoms with Crippen LogP contribution in [0.15, 0.2) is 35.9 Å². The monoisotopic (exact) mass is 158 g/mol. The molecule has 0 unspecified atom stereocenters. The first kappa shape index (κ1) is 7.60. The maximum atomic E-state index is 2.36. The van der Waals surface area contributed by atoms with Crippen molar-refractivity contribution in [2.75, 3.05) is 0 Å². The number of fused-ring (bicyclic) bond motifs is 1. The average molecular weight is 158 g/mol. The van der Waals surface area contributed by atoms with Crippen molar-refractivity contribution in [1.82, 2.24) is 0 Å². The minimum Gasteiger partial charge on any atom is -0.0849 e. The summed E-state index contributed by atoms with van der Waals surface area (Å²) < 4.78 is 0. The topological polar surface area (TPSA) is 0 Å². The highest BCUT2D eigenvalue weighted by Crippen LogP contribution is 2.25. The zero-order valence-corrected chi connectivity index (χ0v) is 7.51. The Hall–Kier alpha value is -1.04. The van der Waals surface area contributed by atoms with Crippen LogP contribution < -0.4 is 0 Å². The highest BCUT2D eigenvalue weighted by molar-refractivity contribution is 5.40. The standard InChI is InChI=1S/C12H14/c1-2-5-10-8-11-6-3-4-7-12(11)9-10/h3-7H,2,8-9H2,1H3. The summed E-state index contributed by atoms with van der Waals surface area (Å²) in [7, 11) is 0. The second kappa shape index (κ2) is 3.14. The zero-order valence-electron chi connectivity index (χ0n) is 7.51. The van der Waals surface area contributed by atoms with Crippen molar-refractivity contribution in [3.05, 3.63) is 47.0 Å². The Morgan fingerprint density at radius 2 is 1.75 bits per heavy atom. The molecule has 0 fully saturated rings. The quantitative estimate of drug-likeness (QED) is 0.551. The normalized spacial score (nSPS) is 14.6. The van der Waals surface area contributed by atoms with E-state index in [2.05, 4.69) is 37.3 Å². The van der Waals surface area contributed by atoms with Crippen LogP contribution in [0.25, 0.3) is 0 Å². The Balaban J connectivity index is 2.27. The fraction of sp³-hybridized carbons (Fsp3) is 0.333. The first-order valence-electron chi connectivity index (χ1n) is 4.65. The second-order valence-corrected chi connectivity index (χ2v) is 3.39. The van der Waals surface area contributed by atoms with E-state index in [-0.39, 0.29) is 0 Å². The van der Waals surface area contributed by atoms with Crippen LogP contribution in [-0.2, 0) is 12.8 Å². The molecule has 1 aromatic carbocycles. The summed E-state index contributed by atoms with van der Waals surface area (Å²) in [6.07, 6.45) is 5.90. The molecule has 0 spiro atoms. The van der Waals surface area contributed by atoms with Gasteiger partial charge in [0.1, 0.15) is 0 Å². The lowest BCUT2D eigenvalue weighted by atomic mass is 10.1. The minimum atomic E-state index is 1.17. The molecule has 0 aliphatic heterocycles. The molecule has 0 aromatic heterocycles. The molecule has 0 saturated heterocycles. The lowest BCUT2D eigenvalue weighted by Crippen LogP contribution is -1.78. The van der Waals surface area contributed by atoms with Crippen LogP contribution in [0.5, 0.6) is 0 Å². The number of benzene rings is 1. The molecular weight excluding hydrogens is 144 g/mol. The summed E-state index contributed by atoms with van der Waals surface area (Å²) in [5.74, 6) is 0. The van der Waals surface area contributed by atoms with E-state index in [9.17, 15) is 0 Å². The Morgan fingerprint density at radius 1 is 1.17 bits per heavy atom. The largest absolute Gasteiger partial charge is 0.0849 e. The molecule has 1 aliphatic rings. The summed E-state index contributed by atoms with van der Waals surface area (Å²) in [4.78, 5) is 0. The lowest BCUT2D eigenvalue weighted by Gasteiger charge is -1.92. The molecule has 0 N–H and O–H groups in total. The van der Waals surface area contributed by atoms with Gasteiger partial charge in [0, 0.05) is 0 Å². The third kappa shape index (κ3) is 1.29. The molecule has 0 bridgehead atoms. The lowest BCUT2D eigenvalue weighted by molar-refractivity contribution is 1.10. The van der Waals surface area contributed by atoms with Crippen molar-refractivity contribution in [2.45, 2.75) is 26.2 Å². The van der Waals surface area contributed by atoms with E-state index in [0.29, 0.717) is 0 Å². The van der Waals surface area contributed by atoms with Crippen molar-refractivity contribution in [2.24, 2.45) is 0 Å². The predicted molar refractivity (Wildman–Crippen MR) is 52.2 cm³/mol. The van der Waals surface area contributed by atoms with E-state index in [4.69, 9.17) is 0 Å². The van der Waals surface area contributed by atoms with E-state index in [1.165, 1.54) is 30.4 Å². The Kier molecular flexibility index (Phi) is 1.99. The van der Waals surface area contributed by atoms with Gasteiger partial charge in [0.25, 0.3) is 0 Å². The highest BCUT2D eigenvalue weighted by Gasteiger charge is 2.12. The van der Waals surface area contributed by atoms with Crippen molar-refractivity contribution in [3.8, 4) is 0 Å². The third-order valence-corrected chi connectivity index (χ3v) is 2.45. The Bertz CT molecular complexity index is 281. The molecule has 62 valence electrons. The van der Waals surface area contributed by atoms with Gasteiger partial charge in [-0.25, -0.2) is 0 Å². The van der Waals surface area contributed by atoms with Gasteiger partial charge in [-0.2, -0.15) is 0 Å². The maximum Gasteiger partial charge on any atom is -0.00609 e. The van der Waals surface area contributed by atoms with Crippen LogP contribution in [0, 0.1) is 0 Å². The molecule has 0 saturated carbocycles. The molecule has 0 nitrogen and oxygen atoms in total. The van der Waals surface area contributed by atoms with Crippen LogP contribution in [0.4, 0.5) is 0 Å². The summed E-state index contributed by atoms with van der Waals surface area (Å²) >= 11 is 0. The van der Waals surface area contributed by atoms with Crippen LogP contribution in [0.2, 0.25) is 0 Å². The molecule has 0 heteroatoms. The first-order chi connectivity index (χ1) is 5.90. The predicted octanol–water partition coefficient (Wildman–Crippen LogP) is 3.12. The molecule has 0 atom stereocenters. The third-order valence-electron chi connectivity index (χ3n) is 2.45. The fourth-order valence-electron chi connectivity index (χ4n) is 1.89. The van der Waals surface area contributed by atoms with Gasteiger partial charge in [-0.1, -0.05) is 42.8 Å². The van der Waals surface area contributed by atoms with Crippen molar-refractivity contribution >= 4 is 0 Å². The molecule has 0 heterocycles. The number of hydrogen-bond donors (Lipinski definition) is 0. The second-order valence-electron chi connectivity index (χ2n) is 3.39. The van der Waals surface area contributed by atoms with E-state index < -0.39 is 0 Å². The Morgan fingerprint density at radius 3 is 2.25 bits per heavy atom. The van der Waals surface area contributed by atoms with Crippen LogP contribution in [0.1, 0.15) is 24.5 Å². The number of hydrogen-bond acceptors (Lipinski definition) is 0. The van der Waals surface area contributed by atoms with E-state index in [0.717, 1.165) is 0 Å². The van der Waals surface area contributed by atoms with Gasteiger partial charge in [-0.05, 0) is 30.4 Å². The van der Waals surface area contributed by atoms with Gasteiger partial charge in [-0.15, -0.1) is 0 Å². The summed E-state index contributed by atoms with van der Waals surface area (Å²) in [6, 6.07) is 8.75. The first-order valence-corrected chi connectivity index (χ1v) is 4.65. The fourth-order valence-corrected chi connectivity index (χ4v) is 1.89. The van der Waals surface area contributed by atoms with Crippen molar-refractivity contribution in [3.63, 3.8) is 0 Å². The minimum absolute atomic E-state index is 1.17. The van der Waals surface area contributed by atoms with E-state index in [1.807, 2.05) is 0 Å². The van der Waals surface area contributed by atoms with E-state index >= 15 is 0 Å². The summed E-state index contributed by atoms with van der Waals surface area (Å²) in [6.45, 7) is 2.20. The van der Waals surface area contributed by atoms with Crippen LogP contribution >= 0.6 is 0 Å². The summed E-state index contributed by atoms with van der Waals surface area (Å²) in [5, 5.41) is 0. The zero-order chi connectivity index (χ0) is 8.39. The van der Waals surface area contributed by atoms with Gasteiger partial charge in [0.2, 0.25) is 0 Å². The SMILES string of the molecule is CCC=C1Cc2ccccc2C1. The molecule has 12 heavy (non-hydrogen) atoms. The molecule has 1 aliphatic carbocycles. The average Bonchev–Trinajstić information content (AvgIpc) is 2.47. The van der Waals surface area contributed by atoms with Crippen LogP contribution in [0.3, 0.4) is 0 Å². The van der Waals surface area contributed by atoms with E-state index in [1.54, 1.807) is 5.57 Å². The Labute approximate surface area is 73.9 Å². The van der Waals surface area contributed by atoms with Gasteiger partial charge in [0.15, 0.2) is 0 Å². The van der Waals surface area contributed by atoms with Gasteiger partial charge < -0.3 is 0 Å². The highest BCUT2D eigenvalue weighted by atomic mass is 14.2. The van der Waals surface area contributed by atoms with Crippen molar-refractivity contribution in [1.29, 1.82) is 0 Å². The summed E-state index contributed by atoms with van der Waals surface area (Å²) in [5.41, 5.74) is 4.65. The number of allylic oxidation sites excluding steroid dienone is 2. The molecule has 1 aromatic rings. The maximum absolute atomic E-state index is 2.36. The molecule has 0 radical (unpaired) electrons. The van der Waals surface area contributed by atoms with Gasteiger partial charge in [0.05, 0.1) is 0 Å². The van der Waals surface area contributed by atoms with Crippen LogP contribution in [-0.4, -0.2) is 0 Å².